The zero-order chi connectivity index (χ0) is 43.9. The fraction of sp³-hybridized carbons (Fsp3) is 0.250. The Morgan fingerprint density at radius 3 is 1.89 bits per heavy atom. The molecular formula is C48H49N9O4S2. The van der Waals surface area contributed by atoms with E-state index in [1.165, 1.54) is 22.7 Å². The lowest BCUT2D eigenvalue weighted by atomic mass is 10.1. The van der Waals surface area contributed by atoms with E-state index < -0.39 is 0 Å². The third kappa shape index (κ3) is 10.4. The van der Waals surface area contributed by atoms with Crippen molar-refractivity contribution in [2.24, 2.45) is 0 Å². The van der Waals surface area contributed by atoms with Crippen LogP contribution in [0.3, 0.4) is 0 Å². The summed E-state index contributed by atoms with van der Waals surface area (Å²) in [5.74, 6) is 1.39. The molecule has 6 heterocycles. The van der Waals surface area contributed by atoms with E-state index in [0.29, 0.717) is 55.6 Å². The van der Waals surface area contributed by atoms with Crippen LogP contribution in [0, 0.1) is 0 Å². The van der Waals surface area contributed by atoms with Crippen molar-refractivity contribution >= 4 is 54.9 Å². The van der Waals surface area contributed by atoms with Gasteiger partial charge in [-0.25, -0.2) is 9.97 Å². The van der Waals surface area contributed by atoms with Crippen molar-refractivity contribution in [3.05, 3.63) is 142 Å². The van der Waals surface area contributed by atoms with E-state index in [0.717, 1.165) is 71.1 Å². The molecule has 8 rings (SSSR count). The summed E-state index contributed by atoms with van der Waals surface area (Å²) in [5, 5.41) is 8.74. The van der Waals surface area contributed by atoms with Gasteiger partial charge in [-0.2, -0.15) is 5.10 Å². The summed E-state index contributed by atoms with van der Waals surface area (Å²) in [5.41, 5.74) is 6.46. The second-order valence-corrected chi connectivity index (χ2v) is 17.7. The number of H-pyrrole nitrogens is 1. The zero-order valence-electron chi connectivity index (χ0n) is 35.9. The molecule has 0 atom stereocenters. The molecule has 1 N–H and O–H groups in total. The van der Waals surface area contributed by atoms with Gasteiger partial charge in [-0.1, -0.05) is 24.3 Å². The Morgan fingerprint density at radius 1 is 0.651 bits per heavy atom. The predicted octanol–water partition coefficient (Wildman–Crippen LogP) is 8.35. The van der Waals surface area contributed by atoms with E-state index in [9.17, 15) is 9.59 Å². The third-order valence-electron chi connectivity index (χ3n) is 10.8. The van der Waals surface area contributed by atoms with Gasteiger partial charge < -0.3 is 29.1 Å². The maximum Gasteiger partial charge on any atom is 0.264 e. The van der Waals surface area contributed by atoms with Crippen molar-refractivity contribution in [1.29, 1.82) is 0 Å². The van der Waals surface area contributed by atoms with Crippen molar-refractivity contribution in [3.63, 3.8) is 0 Å². The summed E-state index contributed by atoms with van der Waals surface area (Å²) in [4.78, 5) is 53.3. The van der Waals surface area contributed by atoms with E-state index in [4.69, 9.17) is 19.4 Å². The number of likely N-dealkylation sites (N-methyl/N-ethyl adjacent to an activating group) is 2. The van der Waals surface area contributed by atoms with Gasteiger partial charge in [0.25, 0.3) is 11.8 Å². The first-order valence-corrected chi connectivity index (χ1v) is 22.2. The van der Waals surface area contributed by atoms with Crippen molar-refractivity contribution in [2.45, 2.75) is 19.6 Å². The maximum absolute atomic E-state index is 14.3. The molecule has 0 unspecified atom stereocenters. The normalized spacial score (nSPS) is 11.5. The number of methoxy groups -OCH3 is 2. The van der Waals surface area contributed by atoms with Crippen LogP contribution in [0.15, 0.2) is 116 Å². The number of benzene rings is 2. The lowest BCUT2D eigenvalue weighted by Gasteiger charge is -2.26. The van der Waals surface area contributed by atoms with E-state index in [2.05, 4.69) is 37.1 Å². The molecule has 13 nitrogen and oxygen atoms in total. The highest BCUT2D eigenvalue weighted by Gasteiger charge is 2.23. The fourth-order valence-corrected chi connectivity index (χ4v) is 9.31. The molecule has 63 heavy (non-hydrogen) atoms. The molecule has 8 aromatic rings. The number of carbonyl (C=O) groups is 2. The first kappa shape index (κ1) is 43.1. The average Bonchev–Trinajstić information content (AvgIpc) is 4.10. The van der Waals surface area contributed by atoms with E-state index >= 15 is 0 Å². The first-order chi connectivity index (χ1) is 30.6. The van der Waals surface area contributed by atoms with Gasteiger partial charge in [-0.05, 0) is 99.0 Å². The Hall–Kier alpha value is -6.52. The highest BCUT2D eigenvalue weighted by Crippen LogP contribution is 2.31. The van der Waals surface area contributed by atoms with Gasteiger partial charge in [0.1, 0.15) is 21.2 Å². The van der Waals surface area contributed by atoms with Crippen LogP contribution in [0.1, 0.15) is 36.0 Å². The number of hydrogen-bond acceptors (Lipinski definition) is 12. The van der Waals surface area contributed by atoms with Gasteiger partial charge in [-0.15, -0.1) is 22.7 Å². The molecule has 0 saturated heterocycles. The van der Waals surface area contributed by atoms with Crippen molar-refractivity contribution in [2.75, 3.05) is 61.5 Å². The smallest absolute Gasteiger partial charge is 0.264 e. The largest absolute Gasteiger partial charge is 0.497 e. The predicted molar refractivity (Wildman–Crippen MR) is 250 cm³/mol. The van der Waals surface area contributed by atoms with Gasteiger partial charge >= 0.3 is 0 Å². The Balaban J connectivity index is 0.964. The summed E-state index contributed by atoms with van der Waals surface area (Å²) in [7, 11) is 9.38. The van der Waals surface area contributed by atoms with Gasteiger partial charge in [0.05, 0.1) is 41.6 Å². The zero-order valence-corrected chi connectivity index (χ0v) is 37.6. The van der Waals surface area contributed by atoms with Gasteiger partial charge in [0, 0.05) is 91.9 Å². The van der Waals surface area contributed by atoms with Crippen LogP contribution in [0.2, 0.25) is 0 Å². The average molecular weight is 880 g/mol. The number of aromatic amines is 1. The Morgan fingerprint density at radius 2 is 1.29 bits per heavy atom. The topological polar surface area (TPSA) is 133 Å². The molecule has 0 radical (unpaired) electrons. The molecule has 0 spiro atoms. The monoisotopic (exact) mass is 879 g/mol. The van der Waals surface area contributed by atoms with E-state index in [-0.39, 0.29) is 11.8 Å². The van der Waals surface area contributed by atoms with Gasteiger partial charge in [-0.3, -0.25) is 19.7 Å². The Labute approximate surface area is 374 Å². The minimum atomic E-state index is -0.0547. The number of ether oxygens (including phenoxy) is 2. The fourth-order valence-electron chi connectivity index (χ4n) is 7.31. The number of nitrogens with zero attached hydrogens (tertiary/aromatic N) is 8. The Bertz CT molecular complexity index is 2830. The number of nitrogens with one attached hydrogen (secondary N) is 1. The number of hydrogen-bond donors (Lipinski definition) is 1. The molecule has 0 bridgehead atoms. The molecule has 6 aromatic heterocycles. The van der Waals surface area contributed by atoms with Crippen LogP contribution in [-0.2, 0) is 19.6 Å². The lowest BCUT2D eigenvalue weighted by Crippen LogP contribution is -2.37. The number of pyridine rings is 3. The van der Waals surface area contributed by atoms with E-state index in [1.807, 2.05) is 116 Å². The minimum Gasteiger partial charge on any atom is -0.497 e. The molecule has 0 fully saturated rings. The first-order valence-electron chi connectivity index (χ1n) is 20.6. The van der Waals surface area contributed by atoms with Crippen LogP contribution in [0.4, 0.5) is 0 Å². The third-order valence-corrected chi connectivity index (χ3v) is 12.8. The number of rotatable bonds is 18. The van der Waals surface area contributed by atoms with E-state index in [1.54, 1.807) is 32.8 Å². The standard InChI is InChI=1S/C48H49N9O4S2/c1-54(2)19-21-56(47(58)43-26-36-12-14-41(53-46(36)63-43)38-27-50-51-28-38)30-33-9-10-37(42(24-33)61-5)31-55(3)20-22-57(29-32-7-6-8-39(23-32)60-4)48(59)44-25-35-11-13-40(52-45(35)62-44)34-15-17-49-18-16-34/h6-18,23-28H,19-22,29-31H2,1-5H3,(H,50,51). The molecule has 15 heteroatoms. The molecule has 2 amide bonds. The summed E-state index contributed by atoms with van der Waals surface area (Å²) < 4.78 is 11.5. The van der Waals surface area contributed by atoms with Crippen LogP contribution in [0.5, 0.6) is 11.5 Å². The van der Waals surface area contributed by atoms with Gasteiger partial charge in [0.2, 0.25) is 0 Å². The molecular weight excluding hydrogens is 831 g/mol. The quantitative estimate of drug-likeness (QED) is 0.0897. The summed E-state index contributed by atoms with van der Waals surface area (Å²) >= 11 is 2.81. The van der Waals surface area contributed by atoms with Crippen LogP contribution in [-0.4, -0.2) is 118 Å². The van der Waals surface area contributed by atoms with Crippen LogP contribution >= 0.6 is 22.7 Å². The molecule has 0 saturated carbocycles. The van der Waals surface area contributed by atoms with Gasteiger partial charge in [0.15, 0.2) is 0 Å². The number of aromatic nitrogens is 5. The number of thiophene rings is 2. The van der Waals surface area contributed by atoms with Crippen molar-refractivity contribution < 1.29 is 19.1 Å². The lowest BCUT2D eigenvalue weighted by molar-refractivity contribution is 0.0726. The molecule has 0 aliphatic carbocycles. The second-order valence-electron chi connectivity index (χ2n) is 15.6. The SMILES string of the molecule is COc1cccc(CN(CCN(C)Cc2ccc(CN(CCN(C)C)C(=O)c3cc4ccc(-c5cn[nH]c5)nc4s3)cc2OC)C(=O)c2cc3ccc(-c4ccncc4)nc3s2)c1. The number of fused-ring (bicyclic) bond motifs is 2. The molecule has 0 aliphatic heterocycles. The van der Waals surface area contributed by atoms with Crippen LogP contribution < -0.4 is 9.47 Å². The second kappa shape index (κ2) is 19.7. The summed E-state index contributed by atoms with van der Waals surface area (Å²) in [6, 6.07) is 29.7. The van der Waals surface area contributed by atoms with Crippen molar-refractivity contribution in [1.82, 2.24) is 44.7 Å². The number of carbonyl (C=O) groups excluding carboxylic acids is 2. The minimum absolute atomic E-state index is 0.0397. The number of amides is 2. The molecule has 0 aliphatic rings. The highest BCUT2D eigenvalue weighted by atomic mass is 32.1. The maximum atomic E-state index is 14.3. The Kier molecular flexibility index (Phi) is 13.5. The highest BCUT2D eigenvalue weighted by molar-refractivity contribution is 7.20. The molecule has 322 valence electrons. The van der Waals surface area contributed by atoms with Crippen LogP contribution in [0.25, 0.3) is 42.9 Å². The molecule has 2 aromatic carbocycles. The summed E-state index contributed by atoms with van der Waals surface area (Å²) in [6.07, 6.45) is 7.05. The summed E-state index contributed by atoms with van der Waals surface area (Å²) in [6.45, 7) is 3.78. The van der Waals surface area contributed by atoms with Crippen molar-refractivity contribution in [3.8, 4) is 34.0 Å².